The Balaban J connectivity index is 1.41. The molecule has 0 unspecified atom stereocenters. The van der Waals surface area contributed by atoms with Crippen molar-refractivity contribution in [3.8, 4) is 29.0 Å². The van der Waals surface area contributed by atoms with Gasteiger partial charge in [-0.15, -0.1) is 0 Å². The van der Waals surface area contributed by atoms with Gasteiger partial charge in [0, 0.05) is 36.7 Å². The predicted octanol–water partition coefficient (Wildman–Crippen LogP) is 2.09. The van der Waals surface area contributed by atoms with Crippen LogP contribution in [0.5, 0.6) is 5.75 Å². The average molecular weight is 456 g/mol. The second-order valence-electron chi connectivity index (χ2n) is 8.28. The summed E-state index contributed by atoms with van der Waals surface area (Å²) < 4.78 is 10.2. The van der Waals surface area contributed by atoms with Gasteiger partial charge >= 0.3 is 0 Å². The molecule has 0 radical (unpaired) electrons. The first-order chi connectivity index (χ1) is 16.4. The number of benzene rings is 2. The highest BCUT2D eigenvalue weighted by atomic mass is 16.5. The van der Waals surface area contributed by atoms with Crippen LogP contribution in [0.1, 0.15) is 33.8 Å². The van der Waals surface area contributed by atoms with Crippen LogP contribution in [0.4, 0.5) is 0 Å². The van der Waals surface area contributed by atoms with E-state index in [2.05, 4.69) is 27.3 Å². The molecular formula is C25H20N4O5. The molecule has 1 saturated heterocycles. The molecule has 9 nitrogen and oxygen atoms in total. The summed E-state index contributed by atoms with van der Waals surface area (Å²) in [6.07, 6.45) is -0.109. The maximum Gasteiger partial charge on any atom is 0.254 e. The van der Waals surface area contributed by atoms with Gasteiger partial charge in [-0.3, -0.25) is 19.7 Å². The van der Waals surface area contributed by atoms with Crippen molar-refractivity contribution in [1.82, 2.24) is 20.4 Å². The summed E-state index contributed by atoms with van der Waals surface area (Å²) >= 11 is 0. The number of amides is 3. The number of hydrogen-bond acceptors (Lipinski definition) is 7. The van der Waals surface area contributed by atoms with Crippen LogP contribution in [0.3, 0.4) is 0 Å². The molecule has 3 heterocycles. The number of carbonyl (C=O) groups excluding carboxylic acids is 3. The van der Waals surface area contributed by atoms with E-state index in [1.807, 2.05) is 6.07 Å². The Morgan fingerprint density at radius 2 is 1.97 bits per heavy atom. The van der Waals surface area contributed by atoms with Crippen LogP contribution in [0.25, 0.3) is 11.4 Å². The molecule has 3 amide bonds. The largest absolute Gasteiger partial charge is 0.497 e. The molecule has 1 N–H and O–H groups in total. The summed E-state index contributed by atoms with van der Waals surface area (Å²) in [6.45, 7) is 2.05. The van der Waals surface area contributed by atoms with Crippen LogP contribution in [0, 0.1) is 24.2 Å². The maximum atomic E-state index is 13.0. The van der Waals surface area contributed by atoms with Gasteiger partial charge in [0.1, 0.15) is 11.2 Å². The summed E-state index contributed by atoms with van der Waals surface area (Å²) in [6, 6.07) is 12.5. The van der Waals surface area contributed by atoms with Gasteiger partial charge in [-0.2, -0.15) is 4.98 Å². The molecule has 2 aliphatic heterocycles. The van der Waals surface area contributed by atoms with Gasteiger partial charge in [-0.05, 0) is 42.0 Å². The van der Waals surface area contributed by atoms with E-state index in [9.17, 15) is 14.4 Å². The second kappa shape index (κ2) is 8.15. The van der Waals surface area contributed by atoms with Crippen molar-refractivity contribution in [2.24, 2.45) is 5.41 Å². The number of rotatable bonds is 4. The highest BCUT2D eigenvalue weighted by Crippen LogP contribution is 2.33. The minimum atomic E-state index is -1.33. The van der Waals surface area contributed by atoms with Crippen LogP contribution in [0.2, 0.25) is 0 Å². The van der Waals surface area contributed by atoms with Crippen molar-refractivity contribution in [1.29, 1.82) is 0 Å². The summed E-state index contributed by atoms with van der Waals surface area (Å²) in [4.78, 5) is 43.7. The molecule has 3 aromatic rings. The zero-order valence-electron chi connectivity index (χ0n) is 18.5. The number of ether oxygens (including phenoxy) is 1. The molecule has 34 heavy (non-hydrogen) atoms. The van der Waals surface area contributed by atoms with E-state index < -0.39 is 17.2 Å². The van der Waals surface area contributed by atoms with Gasteiger partial charge < -0.3 is 14.2 Å². The first kappa shape index (κ1) is 21.4. The number of aryl methyl sites for hydroxylation is 1. The van der Waals surface area contributed by atoms with E-state index in [1.165, 1.54) is 7.11 Å². The zero-order chi connectivity index (χ0) is 23.9. The van der Waals surface area contributed by atoms with Crippen LogP contribution in [0.15, 0.2) is 47.0 Å². The molecule has 1 aromatic heterocycles. The van der Waals surface area contributed by atoms with E-state index in [4.69, 9.17) is 9.26 Å². The number of methoxy groups -OCH3 is 1. The van der Waals surface area contributed by atoms with Crippen molar-refractivity contribution >= 4 is 17.7 Å². The van der Waals surface area contributed by atoms with Crippen LogP contribution < -0.4 is 10.1 Å². The molecule has 170 valence electrons. The lowest BCUT2D eigenvalue weighted by Crippen LogP contribution is -2.42. The quantitative estimate of drug-likeness (QED) is 0.472. The van der Waals surface area contributed by atoms with Crippen LogP contribution >= 0.6 is 0 Å². The highest BCUT2D eigenvalue weighted by Gasteiger charge is 2.48. The van der Waals surface area contributed by atoms with E-state index in [-0.39, 0.29) is 18.9 Å². The van der Waals surface area contributed by atoms with E-state index >= 15 is 0 Å². The van der Waals surface area contributed by atoms with Crippen molar-refractivity contribution < 1.29 is 23.6 Å². The molecule has 9 heteroatoms. The monoisotopic (exact) mass is 456 g/mol. The zero-order valence-corrected chi connectivity index (χ0v) is 18.5. The number of hydrogen-bond donors (Lipinski definition) is 1. The first-order valence-electron chi connectivity index (χ1n) is 10.6. The van der Waals surface area contributed by atoms with E-state index in [0.717, 1.165) is 11.1 Å². The molecular weight excluding hydrogens is 436 g/mol. The van der Waals surface area contributed by atoms with E-state index in [0.29, 0.717) is 35.1 Å². The predicted molar refractivity (Wildman–Crippen MR) is 119 cm³/mol. The van der Waals surface area contributed by atoms with Gasteiger partial charge in [0.15, 0.2) is 0 Å². The van der Waals surface area contributed by atoms with Crippen molar-refractivity contribution in [3.63, 3.8) is 0 Å². The number of carbonyl (C=O) groups is 3. The topological polar surface area (TPSA) is 115 Å². The third-order valence-corrected chi connectivity index (χ3v) is 5.92. The standard InChI is InChI=1S/C25H20N4O5/c1-15-26-22(28-34-15)17-5-3-16(4-6-17)9-10-25(12-21(30)27-24(25)32)14-29-13-18-7-8-19(33-2)11-20(18)23(29)31/h3-8,11H,12-14H2,1-2H3,(H,27,30,32)/t25-/m1/s1. The summed E-state index contributed by atoms with van der Waals surface area (Å²) in [5.41, 5.74) is 1.45. The SMILES string of the molecule is COc1ccc2c(c1)C(=O)N(C[C@@]1(C#Cc3ccc(-c4noc(C)n4)cc3)CC(=O)NC1=O)C2. The summed E-state index contributed by atoms with van der Waals surface area (Å²) in [5.74, 6) is 6.40. The fourth-order valence-corrected chi connectivity index (χ4v) is 4.14. The number of nitrogens with zero attached hydrogens (tertiary/aromatic N) is 3. The molecule has 0 spiro atoms. The molecule has 0 saturated carbocycles. The fraction of sp³-hybridized carbons (Fsp3) is 0.240. The van der Waals surface area contributed by atoms with Gasteiger partial charge in [-0.25, -0.2) is 0 Å². The van der Waals surface area contributed by atoms with Crippen molar-refractivity contribution in [2.75, 3.05) is 13.7 Å². The summed E-state index contributed by atoms with van der Waals surface area (Å²) in [5, 5.41) is 6.23. The van der Waals surface area contributed by atoms with Gasteiger partial charge in [0.05, 0.1) is 13.5 Å². The van der Waals surface area contributed by atoms with Crippen LogP contribution in [-0.4, -0.2) is 46.4 Å². The summed E-state index contributed by atoms with van der Waals surface area (Å²) in [7, 11) is 1.54. The van der Waals surface area contributed by atoms with Crippen LogP contribution in [-0.2, 0) is 16.1 Å². The molecule has 1 fully saturated rings. The third-order valence-electron chi connectivity index (χ3n) is 5.92. The molecule has 0 bridgehead atoms. The number of aromatic nitrogens is 2. The Morgan fingerprint density at radius 1 is 1.18 bits per heavy atom. The smallest absolute Gasteiger partial charge is 0.254 e. The maximum absolute atomic E-state index is 13.0. The lowest BCUT2D eigenvalue weighted by atomic mass is 9.85. The molecule has 2 aliphatic rings. The lowest BCUT2D eigenvalue weighted by molar-refractivity contribution is -0.127. The Kier molecular flexibility index (Phi) is 5.13. The Labute approximate surface area is 195 Å². The second-order valence-corrected chi connectivity index (χ2v) is 8.28. The number of fused-ring (bicyclic) bond motifs is 1. The number of nitrogens with one attached hydrogen (secondary N) is 1. The van der Waals surface area contributed by atoms with Crippen molar-refractivity contribution in [3.05, 3.63) is 65.0 Å². The highest BCUT2D eigenvalue weighted by molar-refractivity contribution is 6.08. The molecule has 0 aliphatic carbocycles. The van der Waals surface area contributed by atoms with E-state index in [1.54, 1.807) is 48.2 Å². The third kappa shape index (κ3) is 3.79. The Bertz CT molecular complexity index is 1380. The van der Waals surface area contributed by atoms with Gasteiger partial charge in [0.25, 0.3) is 5.91 Å². The molecule has 5 rings (SSSR count). The molecule has 2 aromatic carbocycles. The average Bonchev–Trinajstić information content (AvgIpc) is 3.48. The first-order valence-corrected chi connectivity index (χ1v) is 10.6. The van der Waals surface area contributed by atoms with Gasteiger partial charge in [0.2, 0.25) is 23.5 Å². The Hall–Kier alpha value is -4.45. The normalized spacial score (nSPS) is 19.0. The minimum Gasteiger partial charge on any atom is -0.497 e. The van der Waals surface area contributed by atoms with Crippen molar-refractivity contribution in [2.45, 2.75) is 19.9 Å². The fourth-order valence-electron chi connectivity index (χ4n) is 4.14. The minimum absolute atomic E-state index is 0.00756. The number of imide groups is 1. The lowest BCUT2D eigenvalue weighted by Gasteiger charge is -2.25. The molecule has 1 atom stereocenters. The Morgan fingerprint density at radius 3 is 2.62 bits per heavy atom. The van der Waals surface area contributed by atoms with Gasteiger partial charge in [-0.1, -0.05) is 23.1 Å².